The molecule has 5 rings (SSSR count). The Balaban J connectivity index is 1.29. The Morgan fingerprint density at radius 2 is 2.16 bits per heavy atom. The molecule has 0 saturated carbocycles. The summed E-state index contributed by atoms with van der Waals surface area (Å²) in [4.78, 5) is 32.4. The zero-order valence-electron chi connectivity index (χ0n) is 17.7. The van der Waals surface area contributed by atoms with E-state index in [-0.39, 0.29) is 17.0 Å². The Kier molecular flexibility index (Phi) is 5.23. The number of carbonyl (C=O) groups is 1. The van der Waals surface area contributed by atoms with Crippen molar-refractivity contribution < 1.29 is 9.21 Å². The van der Waals surface area contributed by atoms with Crippen LogP contribution in [0.5, 0.6) is 0 Å². The van der Waals surface area contributed by atoms with Crippen molar-refractivity contribution in [3.05, 3.63) is 76.1 Å². The van der Waals surface area contributed by atoms with E-state index in [2.05, 4.69) is 19.8 Å². The smallest absolute Gasteiger partial charge is 0.263 e. The molecular weight excluding hydrogens is 394 g/mol. The quantitative estimate of drug-likeness (QED) is 0.656. The molecule has 0 spiro atoms. The summed E-state index contributed by atoms with van der Waals surface area (Å²) in [5.41, 5.74) is 2.28. The standard InChI is InChI=1S/C23H27N5O3/c1-26-15-24-10-18(26)14-27-11-16-9-17(13-27)21-5-4-20(23(30)28(21)12-16)22(29)25-7-6-19-3-2-8-31-19/h2-5,8,10,15-17H,6-7,9,11-14H2,1H3,(H,25,29)/t16-,17+/m0/s1. The van der Waals surface area contributed by atoms with E-state index in [4.69, 9.17) is 4.42 Å². The average Bonchev–Trinajstić information content (AvgIpc) is 3.41. The summed E-state index contributed by atoms with van der Waals surface area (Å²) in [6.07, 6.45) is 7.05. The maximum Gasteiger partial charge on any atom is 0.263 e. The molecule has 3 aromatic heterocycles. The summed E-state index contributed by atoms with van der Waals surface area (Å²) in [5.74, 6) is 1.21. The normalized spacial score (nSPS) is 20.4. The van der Waals surface area contributed by atoms with E-state index < -0.39 is 0 Å². The topological polar surface area (TPSA) is 85.3 Å². The Labute approximate surface area is 180 Å². The second kappa shape index (κ2) is 8.19. The highest BCUT2D eigenvalue weighted by atomic mass is 16.3. The van der Waals surface area contributed by atoms with Gasteiger partial charge in [-0.25, -0.2) is 4.98 Å². The third-order valence-electron chi connectivity index (χ3n) is 6.46. The van der Waals surface area contributed by atoms with Crippen LogP contribution in [0, 0.1) is 5.92 Å². The van der Waals surface area contributed by atoms with Gasteiger partial charge in [0.15, 0.2) is 0 Å². The van der Waals surface area contributed by atoms with Gasteiger partial charge in [-0.3, -0.25) is 14.5 Å². The van der Waals surface area contributed by atoms with Gasteiger partial charge in [-0.2, -0.15) is 0 Å². The highest BCUT2D eigenvalue weighted by Gasteiger charge is 2.35. The van der Waals surface area contributed by atoms with E-state index in [1.807, 2.05) is 42.3 Å². The molecule has 0 unspecified atom stereocenters. The maximum absolute atomic E-state index is 13.1. The minimum Gasteiger partial charge on any atom is -0.469 e. The number of furan rings is 1. The summed E-state index contributed by atoms with van der Waals surface area (Å²) in [5, 5.41) is 2.84. The van der Waals surface area contributed by atoms with Gasteiger partial charge in [0, 0.05) is 64.0 Å². The van der Waals surface area contributed by atoms with Gasteiger partial charge in [0.2, 0.25) is 0 Å². The van der Waals surface area contributed by atoms with Crippen molar-refractivity contribution in [1.29, 1.82) is 0 Å². The van der Waals surface area contributed by atoms with Crippen molar-refractivity contribution in [3.8, 4) is 0 Å². The van der Waals surface area contributed by atoms with Crippen LogP contribution in [0.4, 0.5) is 0 Å². The number of nitrogens with one attached hydrogen (secondary N) is 1. The number of rotatable bonds is 6. The Morgan fingerprint density at radius 3 is 2.94 bits per heavy atom. The van der Waals surface area contributed by atoms with Crippen LogP contribution in [0.25, 0.3) is 0 Å². The third-order valence-corrected chi connectivity index (χ3v) is 6.46. The number of hydrogen-bond donors (Lipinski definition) is 1. The molecule has 162 valence electrons. The number of imidazole rings is 1. The van der Waals surface area contributed by atoms with Crippen LogP contribution in [0.2, 0.25) is 0 Å². The number of likely N-dealkylation sites (tertiary alicyclic amines) is 1. The zero-order chi connectivity index (χ0) is 21.4. The fraction of sp³-hybridized carbons (Fsp3) is 0.435. The number of aromatic nitrogens is 3. The number of nitrogens with zero attached hydrogens (tertiary/aromatic N) is 4. The molecule has 3 aromatic rings. The van der Waals surface area contributed by atoms with Crippen molar-refractivity contribution in [3.63, 3.8) is 0 Å². The first kappa shape index (κ1) is 19.8. The zero-order valence-corrected chi connectivity index (χ0v) is 17.7. The van der Waals surface area contributed by atoms with Gasteiger partial charge in [-0.15, -0.1) is 0 Å². The van der Waals surface area contributed by atoms with Gasteiger partial charge in [0.1, 0.15) is 11.3 Å². The molecule has 1 N–H and O–H groups in total. The second-order valence-corrected chi connectivity index (χ2v) is 8.66. The Hall–Kier alpha value is -3.13. The number of hydrogen-bond acceptors (Lipinski definition) is 5. The van der Waals surface area contributed by atoms with Crippen LogP contribution < -0.4 is 10.9 Å². The molecule has 2 atom stereocenters. The number of aryl methyl sites for hydroxylation is 1. The fourth-order valence-corrected chi connectivity index (χ4v) is 4.96. The summed E-state index contributed by atoms with van der Waals surface area (Å²) in [7, 11) is 2.02. The van der Waals surface area contributed by atoms with Gasteiger partial charge >= 0.3 is 0 Å². The average molecular weight is 422 g/mol. The van der Waals surface area contributed by atoms with Crippen molar-refractivity contribution >= 4 is 5.91 Å². The molecule has 0 radical (unpaired) electrons. The first-order chi connectivity index (χ1) is 15.1. The van der Waals surface area contributed by atoms with Crippen LogP contribution >= 0.6 is 0 Å². The molecule has 8 nitrogen and oxygen atoms in total. The number of fused-ring (bicyclic) bond motifs is 4. The number of carbonyl (C=O) groups excluding carboxylic acids is 1. The van der Waals surface area contributed by atoms with E-state index >= 15 is 0 Å². The summed E-state index contributed by atoms with van der Waals surface area (Å²) in [6.45, 7) is 3.83. The number of piperidine rings is 1. The SMILES string of the molecule is Cn1cncc1CN1C[C@@H]2C[C@H](C1)c1ccc(C(=O)NCCc3ccco3)c(=O)n1C2. The predicted molar refractivity (Wildman–Crippen MR) is 115 cm³/mol. The predicted octanol–water partition coefficient (Wildman–Crippen LogP) is 1.77. The lowest BCUT2D eigenvalue weighted by molar-refractivity contribution is 0.0946. The molecule has 2 aliphatic heterocycles. The summed E-state index contributed by atoms with van der Waals surface area (Å²) in [6, 6.07) is 7.35. The first-order valence-electron chi connectivity index (χ1n) is 10.8. The summed E-state index contributed by atoms with van der Waals surface area (Å²) >= 11 is 0. The maximum atomic E-state index is 13.1. The van der Waals surface area contributed by atoms with Gasteiger partial charge in [-0.1, -0.05) is 0 Å². The molecule has 5 heterocycles. The van der Waals surface area contributed by atoms with Gasteiger partial charge in [0.05, 0.1) is 18.3 Å². The van der Waals surface area contributed by atoms with E-state index in [0.717, 1.165) is 37.5 Å². The largest absolute Gasteiger partial charge is 0.469 e. The first-order valence-corrected chi connectivity index (χ1v) is 10.8. The molecule has 2 aliphatic rings. The van der Waals surface area contributed by atoms with Gasteiger partial charge in [0.25, 0.3) is 11.5 Å². The van der Waals surface area contributed by atoms with Crippen molar-refractivity contribution in [1.82, 2.24) is 24.3 Å². The highest BCUT2D eigenvalue weighted by Crippen LogP contribution is 2.35. The minimum absolute atomic E-state index is 0.178. The minimum atomic E-state index is -0.319. The van der Waals surface area contributed by atoms with E-state index in [1.54, 1.807) is 12.3 Å². The molecule has 2 bridgehead atoms. The van der Waals surface area contributed by atoms with Crippen LogP contribution in [0.1, 0.15) is 39.8 Å². The number of amides is 1. The second-order valence-electron chi connectivity index (χ2n) is 8.66. The van der Waals surface area contributed by atoms with Crippen molar-refractivity contribution in [2.45, 2.75) is 31.8 Å². The molecule has 1 saturated heterocycles. The van der Waals surface area contributed by atoms with Crippen LogP contribution in [0.3, 0.4) is 0 Å². The molecule has 1 amide bonds. The van der Waals surface area contributed by atoms with E-state index in [0.29, 0.717) is 31.3 Å². The molecule has 8 heteroatoms. The molecule has 1 fully saturated rings. The highest BCUT2D eigenvalue weighted by molar-refractivity contribution is 5.93. The lowest BCUT2D eigenvalue weighted by Gasteiger charge is -2.42. The van der Waals surface area contributed by atoms with Gasteiger partial charge in [-0.05, 0) is 36.6 Å². The van der Waals surface area contributed by atoms with E-state index in [9.17, 15) is 9.59 Å². The monoisotopic (exact) mass is 421 g/mol. The fourth-order valence-electron chi connectivity index (χ4n) is 4.96. The van der Waals surface area contributed by atoms with Crippen LogP contribution in [-0.4, -0.2) is 44.6 Å². The van der Waals surface area contributed by atoms with Crippen molar-refractivity contribution in [2.75, 3.05) is 19.6 Å². The molecular formula is C23H27N5O3. The van der Waals surface area contributed by atoms with Gasteiger partial charge < -0.3 is 18.9 Å². The van der Waals surface area contributed by atoms with Crippen molar-refractivity contribution in [2.24, 2.45) is 13.0 Å². The Bertz CT molecular complexity index is 1130. The summed E-state index contributed by atoms with van der Waals surface area (Å²) < 4.78 is 9.17. The third kappa shape index (κ3) is 3.95. The molecule has 0 aliphatic carbocycles. The Morgan fingerprint density at radius 1 is 1.26 bits per heavy atom. The van der Waals surface area contributed by atoms with Crippen LogP contribution in [-0.2, 0) is 26.6 Å². The lowest BCUT2D eigenvalue weighted by Crippen LogP contribution is -2.48. The van der Waals surface area contributed by atoms with E-state index in [1.165, 1.54) is 5.69 Å². The number of pyridine rings is 1. The molecule has 31 heavy (non-hydrogen) atoms. The lowest BCUT2D eigenvalue weighted by atomic mass is 9.83. The van der Waals surface area contributed by atoms with Crippen LogP contribution in [0.15, 0.2) is 52.3 Å². The molecule has 0 aromatic carbocycles.